The molecule has 148 valence electrons. The molecule has 1 fully saturated rings. The number of guanidine groups is 1. The Morgan fingerprint density at radius 3 is 2.81 bits per heavy atom. The molecule has 0 spiro atoms. The molecule has 27 heavy (non-hydrogen) atoms. The van der Waals surface area contributed by atoms with Crippen molar-refractivity contribution in [2.75, 3.05) is 38.5 Å². The Bertz CT molecular complexity index is 654. The van der Waals surface area contributed by atoms with Gasteiger partial charge in [0.15, 0.2) is 5.96 Å². The summed E-state index contributed by atoms with van der Waals surface area (Å²) in [6.45, 7) is 5.40. The lowest BCUT2D eigenvalue weighted by Gasteiger charge is -2.25. The fraction of sp³-hybridized carbons (Fsp3) is 0.619. The third kappa shape index (κ3) is 5.45. The van der Waals surface area contributed by atoms with E-state index < -0.39 is 0 Å². The Balaban J connectivity index is 1.55. The van der Waals surface area contributed by atoms with Crippen molar-refractivity contribution < 1.29 is 4.79 Å². The number of carbonyl (C=O) groups excluding carboxylic acids is 1. The van der Waals surface area contributed by atoms with E-state index in [0.717, 1.165) is 37.3 Å². The van der Waals surface area contributed by atoms with Crippen molar-refractivity contribution in [1.82, 2.24) is 15.5 Å². The van der Waals surface area contributed by atoms with E-state index in [9.17, 15) is 4.79 Å². The van der Waals surface area contributed by atoms with Gasteiger partial charge in [-0.25, -0.2) is 0 Å². The van der Waals surface area contributed by atoms with Gasteiger partial charge in [-0.3, -0.25) is 9.79 Å². The number of carbonyl (C=O) groups is 1. The first-order chi connectivity index (χ1) is 13.2. The lowest BCUT2D eigenvalue weighted by molar-refractivity contribution is -0.116. The molecule has 1 aromatic rings. The maximum atomic E-state index is 12.0. The van der Waals surface area contributed by atoms with E-state index in [2.05, 4.69) is 40.9 Å². The molecule has 6 heteroatoms. The quantitative estimate of drug-likeness (QED) is 0.509. The summed E-state index contributed by atoms with van der Waals surface area (Å²) < 4.78 is 0. The number of rotatable bonds is 7. The van der Waals surface area contributed by atoms with Crippen molar-refractivity contribution in [2.45, 2.75) is 51.0 Å². The van der Waals surface area contributed by atoms with Crippen molar-refractivity contribution in [3.63, 3.8) is 0 Å². The molecule has 0 bridgehead atoms. The number of likely N-dealkylation sites (N-methyl/N-ethyl adjacent to an activating group) is 1. The number of benzene rings is 1. The molecule has 0 aromatic heterocycles. The van der Waals surface area contributed by atoms with Gasteiger partial charge in [0, 0.05) is 43.7 Å². The first-order valence-corrected chi connectivity index (χ1v) is 10.3. The van der Waals surface area contributed by atoms with Crippen molar-refractivity contribution in [1.29, 1.82) is 0 Å². The monoisotopic (exact) mass is 371 g/mol. The smallest absolute Gasteiger partial charge is 0.225 e. The highest BCUT2D eigenvalue weighted by Gasteiger charge is 2.24. The molecule has 1 amide bonds. The van der Waals surface area contributed by atoms with E-state index >= 15 is 0 Å². The highest BCUT2D eigenvalue weighted by Crippen LogP contribution is 2.31. The van der Waals surface area contributed by atoms with Gasteiger partial charge in [0.05, 0.1) is 6.54 Å². The van der Waals surface area contributed by atoms with Crippen LogP contribution in [0.3, 0.4) is 0 Å². The lowest BCUT2D eigenvalue weighted by Crippen LogP contribution is -2.42. The van der Waals surface area contributed by atoms with Crippen LogP contribution >= 0.6 is 0 Å². The molecule has 0 saturated heterocycles. The molecule has 1 atom stereocenters. The second kappa shape index (κ2) is 9.74. The summed E-state index contributed by atoms with van der Waals surface area (Å²) in [6, 6.07) is 8.77. The maximum absolute atomic E-state index is 12.0. The number of anilines is 1. The van der Waals surface area contributed by atoms with Gasteiger partial charge in [0.1, 0.15) is 0 Å². The number of amides is 1. The SMILES string of the molecule is CCNC(=NCC1CC(=O)Nc2ccccc21)NCCN(C)C1CCCC1. The van der Waals surface area contributed by atoms with Crippen molar-refractivity contribution in [2.24, 2.45) is 4.99 Å². The second-order valence-electron chi connectivity index (χ2n) is 7.60. The number of hydrogen-bond donors (Lipinski definition) is 3. The summed E-state index contributed by atoms with van der Waals surface area (Å²) in [7, 11) is 2.22. The minimum atomic E-state index is 0.0741. The second-order valence-corrected chi connectivity index (χ2v) is 7.60. The predicted molar refractivity (Wildman–Crippen MR) is 111 cm³/mol. The highest BCUT2D eigenvalue weighted by atomic mass is 16.1. The first-order valence-electron chi connectivity index (χ1n) is 10.3. The zero-order chi connectivity index (χ0) is 19.1. The van der Waals surface area contributed by atoms with E-state index in [4.69, 9.17) is 4.99 Å². The number of hydrogen-bond acceptors (Lipinski definition) is 3. The fourth-order valence-corrected chi connectivity index (χ4v) is 4.09. The Hall–Kier alpha value is -2.08. The van der Waals surface area contributed by atoms with Crippen LogP contribution in [0.25, 0.3) is 0 Å². The molecule has 1 aliphatic heterocycles. The number of fused-ring (bicyclic) bond motifs is 1. The molecule has 2 aliphatic rings. The number of nitrogens with one attached hydrogen (secondary N) is 3. The van der Waals surface area contributed by atoms with Gasteiger partial charge in [-0.15, -0.1) is 0 Å². The molecule has 0 radical (unpaired) electrons. The van der Waals surface area contributed by atoms with Crippen LogP contribution in [-0.4, -0.2) is 56.0 Å². The Kier molecular flexibility index (Phi) is 7.10. The van der Waals surface area contributed by atoms with E-state index in [-0.39, 0.29) is 11.8 Å². The Morgan fingerprint density at radius 1 is 1.26 bits per heavy atom. The minimum Gasteiger partial charge on any atom is -0.357 e. The van der Waals surface area contributed by atoms with Gasteiger partial charge < -0.3 is 20.9 Å². The van der Waals surface area contributed by atoms with Gasteiger partial charge in [-0.05, 0) is 38.4 Å². The van der Waals surface area contributed by atoms with Crippen LogP contribution in [-0.2, 0) is 4.79 Å². The summed E-state index contributed by atoms with van der Waals surface area (Å²) in [5.74, 6) is 1.04. The van der Waals surface area contributed by atoms with Crippen LogP contribution < -0.4 is 16.0 Å². The molecular weight excluding hydrogens is 338 g/mol. The Labute approximate surface area is 162 Å². The maximum Gasteiger partial charge on any atom is 0.225 e. The summed E-state index contributed by atoms with van der Waals surface area (Å²) >= 11 is 0. The number of para-hydroxylation sites is 1. The summed E-state index contributed by atoms with van der Waals surface area (Å²) in [5.41, 5.74) is 2.10. The highest BCUT2D eigenvalue weighted by molar-refractivity contribution is 5.94. The summed E-state index contributed by atoms with van der Waals surface area (Å²) in [6.07, 6.45) is 5.87. The molecule has 3 N–H and O–H groups in total. The zero-order valence-corrected chi connectivity index (χ0v) is 16.6. The molecule has 1 aromatic carbocycles. The van der Waals surface area contributed by atoms with Crippen molar-refractivity contribution >= 4 is 17.6 Å². The van der Waals surface area contributed by atoms with Gasteiger partial charge in [0.2, 0.25) is 5.91 Å². The average Bonchev–Trinajstić information content (AvgIpc) is 3.20. The first kappa shape index (κ1) is 19.7. The van der Waals surface area contributed by atoms with Gasteiger partial charge in [-0.1, -0.05) is 31.0 Å². The van der Waals surface area contributed by atoms with E-state index in [1.54, 1.807) is 0 Å². The predicted octanol–water partition coefficient (Wildman–Crippen LogP) is 2.54. The van der Waals surface area contributed by atoms with E-state index in [1.807, 2.05) is 18.2 Å². The molecular formula is C21H33N5O. The topological polar surface area (TPSA) is 68.8 Å². The zero-order valence-electron chi connectivity index (χ0n) is 16.6. The van der Waals surface area contributed by atoms with Crippen LogP contribution in [0.5, 0.6) is 0 Å². The van der Waals surface area contributed by atoms with Crippen LogP contribution in [0.2, 0.25) is 0 Å². The summed E-state index contributed by atoms with van der Waals surface area (Å²) in [4.78, 5) is 19.2. The van der Waals surface area contributed by atoms with Crippen molar-refractivity contribution in [3.05, 3.63) is 29.8 Å². The fourth-order valence-electron chi connectivity index (χ4n) is 4.09. The molecule has 1 unspecified atom stereocenters. The molecule has 6 nitrogen and oxygen atoms in total. The van der Waals surface area contributed by atoms with Crippen LogP contribution in [0.4, 0.5) is 5.69 Å². The molecule has 3 rings (SSSR count). The molecule has 1 aliphatic carbocycles. The van der Waals surface area contributed by atoms with Crippen LogP contribution in [0.1, 0.15) is 50.5 Å². The number of nitrogens with zero attached hydrogens (tertiary/aromatic N) is 2. The minimum absolute atomic E-state index is 0.0741. The molecule has 1 saturated carbocycles. The van der Waals surface area contributed by atoms with E-state index in [0.29, 0.717) is 13.0 Å². The standard InChI is InChI=1S/C21H33N5O/c1-3-22-21(23-12-13-26(2)17-8-4-5-9-17)24-15-16-14-20(27)25-19-11-7-6-10-18(16)19/h6-7,10-11,16-17H,3-5,8-9,12-15H2,1-2H3,(H,25,27)(H2,22,23,24). The van der Waals surface area contributed by atoms with Crippen LogP contribution in [0, 0.1) is 0 Å². The van der Waals surface area contributed by atoms with Gasteiger partial charge in [0.25, 0.3) is 0 Å². The van der Waals surface area contributed by atoms with E-state index in [1.165, 1.54) is 31.2 Å². The van der Waals surface area contributed by atoms with Gasteiger partial charge >= 0.3 is 0 Å². The summed E-state index contributed by atoms with van der Waals surface area (Å²) in [5, 5.41) is 9.72. The third-order valence-electron chi connectivity index (χ3n) is 5.63. The van der Waals surface area contributed by atoms with Crippen molar-refractivity contribution in [3.8, 4) is 0 Å². The average molecular weight is 372 g/mol. The van der Waals surface area contributed by atoms with Gasteiger partial charge in [-0.2, -0.15) is 0 Å². The Morgan fingerprint density at radius 2 is 2.04 bits per heavy atom. The third-order valence-corrected chi connectivity index (χ3v) is 5.63. The lowest BCUT2D eigenvalue weighted by atomic mass is 9.91. The largest absolute Gasteiger partial charge is 0.357 e. The number of aliphatic imine (C=N–C) groups is 1. The molecule has 1 heterocycles. The van der Waals surface area contributed by atoms with Crippen LogP contribution in [0.15, 0.2) is 29.3 Å². The normalized spacial score (nSPS) is 20.5.